The molecule has 1 unspecified atom stereocenters. The molecule has 0 N–H and O–H groups in total. The first-order chi connectivity index (χ1) is 9.15. The van der Waals surface area contributed by atoms with Crippen LogP contribution in [0.4, 0.5) is 0 Å². The highest BCUT2D eigenvalue weighted by atomic mass is 32.2. The lowest BCUT2D eigenvalue weighted by Gasteiger charge is -2.32. The molecule has 4 heteroatoms. The van der Waals surface area contributed by atoms with Gasteiger partial charge in [0.25, 0.3) is 0 Å². The van der Waals surface area contributed by atoms with Crippen molar-refractivity contribution in [2.24, 2.45) is 0 Å². The Morgan fingerprint density at radius 2 is 2.26 bits per heavy atom. The zero-order chi connectivity index (χ0) is 13.9. The van der Waals surface area contributed by atoms with Crippen molar-refractivity contribution in [3.63, 3.8) is 0 Å². The monoisotopic (exact) mass is 276 g/mol. The van der Waals surface area contributed by atoms with Crippen LogP contribution in [0.15, 0.2) is 36.9 Å². The van der Waals surface area contributed by atoms with Crippen LogP contribution >= 0.6 is 11.8 Å². The number of carbonyl (C=O) groups excluding carboxylic acids is 2. The fourth-order valence-electron chi connectivity index (χ4n) is 2.19. The van der Waals surface area contributed by atoms with E-state index in [2.05, 4.69) is 6.58 Å². The molecule has 0 amide bonds. The highest BCUT2D eigenvalue weighted by Crippen LogP contribution is 2.42. The zero-order valence-corrected chi connectivity index (χ0v) is 11.7. The SMILES string of the molecule is C=CCC1(C(=O)OCC)SCc2ccccc2C1=O. The third-order valence-corrected chi connectivity index (χ3v) is 4.61. The van der Waals surface area contributed by atoms with Gasteiger partial charge < -0.3 is 4.74 Å². The lowest BCUT2D eigenvalue weighted by molar-refractivity contribution is -0.144. The van der Waals surface area contributed by atoms with Crippen LogP contribution in [0.5, 0.6) is 0 Å². The topological polar surface area (TPSA) is 43.4 Å². The molecule has 1 aromatic rings. The zero-order valence-electron chi connectivity index (χ0n) is 10.8. The maximum absolute atomic E-state index is 12.7. The summed E-state index contributed by atoms with van der Waals surface area (Å²) in [5, 5.41) is 0. The van der Waals surface area contributed by atoms with Crippen LogP contribution in [0.1, 0.15) is 29.3 Å². The lowest BCUT2D eigenvalue weighted by atomic mass is 9.90. The summed E-state index contributed by atoms with van der Waals surface area (Å²) in [7, 11) is 0. The fraction of sp³-hybridized carbons (Fsp3) is 0.333. The van der Waals surface area contributed by atoms with Crippen molar-refractivity contribution in [3.05, 3.63) is 48.0 Å². The number of rotatable bonds is 4. The second-order valence-corrected chi connectivity index (χ2v) is 5.59. The van der Waals surface area contributed by atoms with Gasteiger partial charge in [-0.3, -0.25) is 9.59 Å². The number of ether oxygens (including phenoxy) is 1. The first-order valence-corrected chi connectivity index (χ1v) is 7.19. The van der Waals surface area contributed by atoms with Crippen molar-refractivity contribution < 1.29 is 14.3 Å². The number of fused-ring (bicyclic) bond motifs is 1. The summed E-state index contributed by atoms with van der Waals surface area (Å²) in [5.41, 5.74) is 1.60. The first kappa shape index (κ1) is 13.9. The van der Waals surface area contributed by atoms with E-state index in [1.54, 1.807) is 19.1 Å². The van der Waals surface area contributed by atoms with Crippen molar-refractivity contribution in [1.29, 1.82) is 0 Å². The summed E-state index contributed by atoms with van der Waals surface area (Å²) in [5.74, 6) is 0.00582. The van der Waals surface area contributed by atoms with Gasteiger partial charge in [0, 0.05) is 11.3 Å². The van der Waals surface area contributed by atoms with Crippen LogP contribution in [-0.4, -0.2) is 23.1 Å². The molecular weight excluding hydrogens is 260 g/mol. The molecular formula is C15H16O3S. The van der Waals surface area contributed by atoms with Crippen LogP contribution in [-0.2, 0) is 15.3 Å². The largest absolute Gasteiger partial charge is 0.465 e. The maximum atomic E-state index is 12.7. The fourth-order valence-corrected chi connectivity index (χ4v) is 3.50. The standard InChI is InChI=1S/C15H16O3S/c1-3-9-15(14(17)18-4-2)13(16)12-8-6-5-7-11(12)10-19-15/h3,5-8H,1,4,9-10H2,2H3. The summed E-state index contributed by atoms with van der Waals surface area (Å²) >= 11 is 1.34. The van der Waals surface area contributed by atoms with Gasteiger partial charge in [-0.15, -0.1) is 18.3 Å². The Labute approximate surface area is 117 Å². The predicted octanol–water partition coefficient (Wildman–Crippen LogP) is 2.99. The second kappa shape index (κ2) is 5.61. The van der Waals surface area contributed by atoms with E-state index in [9.17, 15) is 9.59 Å². The minimum atomic E-state index is -1.16. The maximum Gasteiger partial charge on any atom is 0.330 e. The van der Waals surface area contributed by atoms with Gasteiger partial charge in [-0.25, -0.2) is 0 Å². The Balaban J connectivity index is 2.44. The van der Waals surface area contributed by atoms with E-state index in [1.807, 2.05) is 18.2 Å². The highest BCUT2D eigenvalue weighted by Gasteiger charge is 2.49. The van der Waals surface area contributed by atoms with E-state index in [1.165, 1.54) is 11.8 Å². The Morgan fingerprint density at radius 1 is 1.53 bits per heavy atom. The molecule has 0 aromatic heterocycles. The van der Waals surface area contributed by atoms with Gasteiger partial charge in [0.2, 0.25) is 0 Å². The summed E-state index contributed by atoms with van der Waals surface area (Å²) in [6.07, 6.45) is 1.90. The number of ketones is 1. The van der Waals surface area contributed by atoms with Crippen molar-refractivity contribution in [2.45, 2.75) is 23.8 Å². The van der Waals surface area contributed by atoms with E-state index < -0.39 is 10.7 Å². The number of thioether (sulfide) groups is 1. The van der Waals surface area contributed by atoms with E-state index in [4.69, 9.17) is 4.74 Å². The molecule has 1 aromatic carbocycles. The molecule has 0 spiro atoms. The molecule has 1 heterocycles. The molecule has 1 atom stereocenters. The molecule has 1 aliphatic heterocycles. The Kier molecular flexibility index (Phi) is 4.10. The summed E-state index contributed by atoms with van der Waals surface area (Å²) < 4.78 is 3.93. The minimum absolute atomic E-state index is 0.169. The van der Waals surface area contributed by atoms with Gasteiger partial charge in [-0.05, 0) is 18.9 Å². The average Bonchev–Trinajstić information content (AvgIpc) is 2.43. The van der Waals surface area contributed by atoms with Gasteiger partial charge in [-0.1, -0.05) is 30.3 Å². The molecule has 0 saturated heterocycles. The van der Waals surface area contributed by atoms with E-state index >= 15 is 0 Å². The molecule has 0 bridgehead atoms. The molecule has 100 valence electrons. The van der Waals surface area contributed by atoms with Crippen LogP contribution < -0.4 is 0 Å². The normalized spacial score (nSPS) is 21.6. The minimum Gasteiger partial charge on any atom is -0.465 e. The van der Waals surface area contributed by atoms with Crippen molar-refractivity contribution in [3.8, 4) is 0 Å². The molecule has 0 saturated carbocycles. The highest BCUT2D eigenvalue weighted by molar-refractivity contribution is 8.01. The summed E-state index contributed by atoms with van der Waals surface area (Å²) in [4.78, 5) is 24.9. The van der Waals surface area contributed by atoms with Crippen molar-refractivity contribution in [1.82, 2.24) is 0 Å². The number of hydrogen-bond acceptors (Lipinski definition) is 4. The Bertz CT molecular complexity index is 524. The number of Topliss-reactive ketones (excluding diaryl/α,β-unsaturated/α-hetero) is 1. The quantitative estimate of drug-likeness (QED) is 0.482. The molecule has 2 rings (SSSR count). The number of allylic oxidation sites excluding steroid dienone is 1. The molecule has 0 fully saturated rings. The second-order valence-electron chi connectivity index (χ2n) is 4.32. The van der Waals surface area contributed by atoms with Crippen molar-refractivity contribution >= 4 is 23.5 Å². The Hall–Kier alpha value is -1.55. The lowest BCUT2D eigenvalue weighted by Crippen LogP contribution is -2.46. The summed E-state index contributed by atoms with van der Waals surface area (Å²) in [6.45, 7) is 5.67. The number of hydrogen-bond donors (Lipinski definition) is 0. The third kappa shape index (κ3) is 2.32. The van der Waals surface area contributed by atoms with Gasteiger partial charge in [0.05, 0.1) is 6.61 Å². The van der Waals surface area contributed by atoms with Crippen LogP contribution in [0, 0.1) is 0 Å². The van der Waals surface area contributed by atoms with Crippen LogP contribution in [0.2, 0.25) is 0 Å². The number of benzene rings is 1. The Morgan fingerprint density at radius 3 is 2.95 bits per heavy atom. The number of carbonyl (C=O) groups is 2. The molecule has 0 radical (unpaired) electrons. The average molecular weight is 276 g/mol. The van der Waals surface area contributed by atoms with Gasteiger partial charge in [0.15, 0.2) is 10.5 Å². The molecule has 1 aliphatic rings. The van der Waals surface area contributed by atoms with Crippen LogP contribution in [0.3, 0.4) is 0 Å². The molecule has 19 heavy (non-hydrogen) atoms. The summed E-state index contributed by atoms with van der Waals surface area (Å²) in [6, 6.07) is 7.41. The smallest absolute Gasteiger partial charge is 0.330 e. The van der Waals surface area contributed by atoms with E-state index in [-0.39, 0.29) is 12.4 Å². The van der Waals surface area contributed by atoms with Crippen molar-refractivity contribution in [2.75, 3.05) is 6.61 Å². The van der Waals surface area contributed by atoms with Gasteiger partial charge in [-0.2, -0.15) is 0 Å². The number of esters is 1. The van der Waals surface area contributed by atoms with Crippen LogP contribution in [0.25, 0.3) is 0 Å². The molecule has 0 aliphatic carbocycles. The van der Waals surface area contributed by atoms with E-state index in [0.717, 1.165) is 5.56 Å². The first-order valence-electron chi connectivity index (χ1n) is 6.20. The van der Waals surface area contributed by atoms with E-state index in [0.29, 0.717) is 17.7 Å². The third-order valence-electron chi connectivity index (χ3n) is 3.14. The van der Waals surface area contributed by atoms with Gasteiger partial charge in [0.1, 0.15) is 0 Å². The van der Waals surface area contributed by atoms with Gasteiger partial charge >= 0.3 is 5.97 Å². The predicted molar refractivity (Wildman–Crippen MR) is 76.2 cm³/mol. The molecule has 3 nitrogen and oxygen atoms in total.